The molecule has 20 heavy (non-hydrogen) atoms. The summed E-state index contributed by atoms with van der Waals surface area (Å²) in [7, 11) is 0. The Morgan fingerprint density at radius 2 is 1.45 bits per heavy atom. The summed E-state index contributed by atoms with van der Waals surface area (Å²) in [5, 5.41) is 0. The van der Waals surface area contributed by atoms with Crippen molar-refractivity contribution < 1.29 is 4.79 Å². The Bertz CT molecular complexity index is 224. The molecule has 0 amide bonds. The topological polar surface area (TPSA) is 17.1 Å². The van der Waals surface area contributed by atoms with Crippen LogP contribution in [0.2, 0.25) is 0 Å². The fourth-order valence-electron chi connectivity index (χ4n) is 2.73. The monoisotopic (exact) mass is 282 g/mol. The van der Waals surface area contributed by atoms with Crippen LogP contribution in [0.15, 0.2) is 0 Å². The zero-order chi connectivity index (χ0) is 15.4. The van der Waals surface area contributed by atoms with Gasteiger partial charge in [-0.15, -0.1) is 0 Å². The second-order valence-corrected chi connectivity index (χ2v) is 6.96. The van der Waals surface area contributed by atoms with Gasteiger partial charge in [0.2, 0.25) is 0 Å². The van der Waals surface area contributed by atoms with Crippen molar-refractivity contribution in [2.75, 3.05) is 0 Å². The summed E-state index contributed by atoms with van der Waals surface area (Å²) in [4.78, 5) is 11.2. The van der Waals surface area contributed by atoms with Gasteiger partial charge in [-0.05, 0) is 30.6 Å². The van der Waals surface area contributed by atoms with E-state index in [0.29, 0.717) is 5.78 Å². The van der Waals surface area contributed by atoms with Gasteiger partial charge < -0.3 is 0 Å². The molecule has 2 atom stereocenters. The Morgan fingerprint density at radius 1 is 0.950 bits per heavy atom. The Labute approximate surface area is 127 Å². The summed E-state index contributed by atoms with van der Waals surface area (Å²) in [6, 6.07) is 0. The molecule has 0 N–H and O–H groups in total. The molecule has 1 aliphatic carbocycles. The first-order valence-electron chi connectivity index (χ1n) is 9.04. The molecule has 1 fully saturated rings. The van der Waals surface area contributed by atoms with Crippen molar-refractivity contribution in [3.63, 3.8) is 0 Å². The average molecular weight is 283 g/mol. The summed E-state index contributed by atoms with van der Waals surface area (Å²) < 4.78 is 0. The maximum atomic E-state index is 11.2. The van der Waals surface area contributed by atoms with Crippen molar-refractivity contribution in [1.29, 1.82) is 0 Å². The highest BCUT2D eigenvalue weighted by atomic mass is 16.1. The fraction of sp³-hybridized carbons (Fsp3) is 0.947. The lowest BCUT2D eigenvalue weighted by Gasteiger charge is -2.22. The van der Waals surface area contributed by atoms with E-state index >= 15 is 0 Å². The summed E-state index contributed by atoms with van der Waals surface area (Å²) in [5.74, 6) is 3.11. The third kappa shape index (κ3) is 10.5. The zero-order valence-electron chi connectivity index (χ0n) is 14.7. The Morgan fingerprint density at radius 3 is 1.95 bits per heavy atom. The molecule has 0 aromatic heterocycles. The minimum atomic E-state index is 0.492. The van der Waals surface area contributed by atoms with Crippen LogP contribution in [-0.4, -0.2) is 5.78 Å². The van der Waals surface area contributed by atoms with Crippen LogP contribution in [0.4, 0.5) is 0 Å². The predicted octanol–water partition coefficient (Wildman–Crippen LogP) is 6.40. The largest absolute Gasteiger partial charge is 0.300 e. The molecule has 0 heterocycles. The van der Waals surface area contributed by atoms with E-state index in [2.05, 4.69) is 34.6 Å². The molecule has 0 aromatic rings. The van der Waals surface area contributed by atoms with E-state index in [1.165, 1.54) is 38.5 Å². The Balaban J connectivity index is 0.00000110. The van der Waals surface area contributed by atoms with Crippen molar-refractivity contribution >= 4 is 5.78 Å². The molecule has 0 aromatic carbocycles. The number of rotatable bonds is 7. The molecular formula is C19H38O. The van der Waals surface area contributed by atoms with E-state index < -0.39 is 0 Å². The number of carbonyl (C=O) groups is 1. The van der Waals surface area contributed by atoms with Crippen LogP contribution in [0.25, 0.3) is 0 Å². The van der Waals surface area contributed by atoms with Gasteiger partial charge in [0.15, 0.2) is 0 Å². The lowest BCUT2D eigenvalue weighted by atomic mass is 9.83. The highest BCUT2D eigenvalue weighted by Gasteiger charge is 2.19. The minimum absolute atomic E-state index is 0.492. The van der Waals surface area contributed by atoms with E-state index in [0.717, 1.165) is 43.4 Å². The molecule has 1 heteroatoms. The van der Waals surface area contributed by atoms with Crippen LogP contribution < -0.4 is 0 Å². The molecule has 120 valence electrons. The van der Waals surface area contributed by atoms with Gasteiger partial charge in [0.05, 0.1) is 0 Å². The molecule has 1 aliphatic rings. The van der Waals surface area contributed by atoms with Crippen LogP contribution >= 0.6 is 0 Å². The van der Waals surface area contributed by atoms with E-state index in [1.54, 1.807) is 0 Å². The first kappa shape index (κ1) is 19.7. The first-order chi connectivity index (χ1) is 9.53. The predicted molar refractivity (Wildman–Crippen MR) is 90.0 cm³/mol. The Hall–Kier alpha value is -0.330. The van der Waals surface area contributed by atoms with Crippen LogP contribution in [0, 0.1) is 17.8 Å². The smallest absolute Gasteiger partial charge is 0.132 e. The van der Waals surface area contributed by atoms with Gasteiger partial charge in [-0.3, -0.25) is 4.79 Å². The van der Waals surface area contributed by atoms with Gasteiger partial charge in [0.1, 0.15) is 5.78 Å². The van der Waals surface area contributed by atoms with Gasteiger partial charge >= 0.3 is 0 Å². The van der Waals surface area contributed by atoms with E-state index in [9.17, 15) is 4.79 Å². The summed E-state index contributed by atoms with van der Waals surface area (Å²) in [5.41, 5.74) is 0. The average Bonchev–Trinajstić information content (AvgIpc) is 2.45. The molecule has 0 bridgehead atoms. The quantitative estimate of drug-likeness (QED) is 0.527. The first-order valence-corrected chi connectivity index (χ1v) is 9.04. The summed E-state index contributed by atoms with van der Waals surface area (Å²) in [6.45, 7) is 11.3. The van der Waals surface area contributed by atoms with E-state index in [4.69, 9.17) is 0 Å². The Kier molecular flexibility index (Phi) is 12.2. The number of ketones is 1. The molecule has 2 unspecified atom stereocenters. The third-order valence-electron chi connectivity index (χ3n) is 4.58. The highest BCUT2D eigenvalue weighted by molar-refractivity contribution is 5.78. The number of hydrogen-bond acceptors (Lipinski definition) is 1. The molecule has 1 rings (SSSR count). The SMILES string of the molecule is CCC.CCC(C)CCC(C)CCC1CCC(=O)CC1. The molecular weight excluding hydrogens is 244 g/mol. The van der Waals surface area contributed by atoms with Gasteiger partial charge in [-0.2, -0.15) is 0 Å². The summed E-state index contributed by atoms with van der Waals surface area (Å²) >= 11 is 0. The van der Waals surface area contributed by atoms with Crippen LogP contribution in [0.3, 0.4) is 0 Å². The fourth-order valence-corrected chi connectivity index (χ4v) is 2.73. The van der Waals surface area contributed by atoms with Crippen LogP contribution in [0.5, 0.6) is 0 Å². The highest BCUT2D eigenvalue weighted by Crippen LogP contribution is 2.28. The number of hydrogen-bond donors (Lipinski definition) is 0. The van der Waals surface area contributed by atoms with Gasteiger partial charge in [0, 0.05) is 12.8 Å². The lowest BCUT2D eigenvalue weighted by molar-refractivity contribution is -0.121. The number of carbonyl (C=O) groups excluding carboxylic acids is 1. The maximum absolute atomic E-state index is 11.2. The van der Waals surface area contributed by atoms with Crippen LogP contribution in [0.1, 0.15) is 98.8 Å². The minimum Gasteiger partial charge on any atom is -0.300 e. The lowest BCUT2D eigenvalue weighted by Crippen LogP contribution is -2.14. The van der Waals surface area contributed by atoms with E-state index in [1.807, 2.05) is 0 Å². The summed E-state index contributed by atoms with van der Waals surface area (Å²) in [6.07, 6.45) is 12.1. The number of Topliss-reactive ketones (excluding diaryl/α,β-unsaturated/α-hetero) is 1. The normalized spacial score (nSPS) is 19.1. The molecule has 1 nitrogen and oxygen atoms in total. The second kappa shape index (κ2) is 12.4. The molecule has 0 radical (unpaired) electrons. The van der Waals surface area contributed by atoms with Gasteiger partial charge in [-0.1, -0.05) is 73.1 Å². The molecule has 0 aliphatic heterocycles. The van der Waals surface area contributed by atoms with Crippen molar-refractivity contribution in [3.05, 3.63) is 0 Å². The van der Waals surface area contributed by atoms with Crippen molar-refractivity contribution in [3.8, 4) is 0 Å². The third-order valence-corrected chi connectivity index (χ3v) is 4.58. The standard InChI is InChI=1S/C16H30O.C3H8/c1-4-13(2)5-6-14(3)7-8-15-9-11-16(17)12-10-15;1-3-2/h13-15H,4-12H2,1-3H3;3H2,1-2H3. The van der Waals surface area contributed by atoms with Crippen LogP contribution in [-0.2, 0) is 4.79 Å². The van der Waals surface area contributed by atoms with Gasteiger partial charge in [0.25, 0.3) is 0 Å². The van der Waals surface area contributed by atoms with Gasteiger partial charge in [-0.25, -0.2) is 0 Å². The van der Waals surface area contributed by atoms with Crippen molar-refractivity contribution in [2.24, 2.45) is 17.8 Å². The van der Waals surface area contributed by atoms with Crippen molar-refractivity contribution in [1.82, 2.24) is 0 Å². The zero-order valence-corrected chi connectivity index (χ0v) is 14.7. The second-order valence-electron chi connectivity index (χ2n) is 6.96. The van der Waals surface area contributed by atoms with E-state index in [-0.39, 0.29) is 0 Å². The van der Waals surface area contributed by atoms with Crippen molar-refractivity contribution in [2.45, 2.75) is 98.8 Å². The molecule has 1 saturated carbocycles. The molecule has 0 saturated heterocycles. The maximum Gasteiger partial charge on any atom is 0.132 e. The molecule has 0 spiro atoms.